The van der Waals surface area contributed by atoms with Crippen LogP contribution in [0.4, 0.5) is 0 Å². The maximum absolute atomic E-state index is 6.56. The largest absolute Gasteiger partial charge is 0.436 e. The molecule has 0 aliphatic carbocycles. The molecule has 0 aliphatic rings. The Morgan fingerprint density at radius 1 is 1.04 bits per heavy atom. The van der Waals surface area contributed by atoms with Crippen LogP contribution in [0.5, 0.6) is 0 Å². The van der Waals surface area contributed by atoms with Crippen molar-refractivity contribution in [1.82, 2.24) is 4.98 Å². The quantitative estimate of drug-likeness (QED) is 0.326. The summed E-state index contributed by atoms with van der Waals surface area (Å²) in [5, 5.41) is 3.28. The summed E-state index contributed by atoms with van der Waals surface area (Å²) < 4.78 is 8.33. The average molecular weight is 378 g/mol. The number of rotatable bonds is 3. The summed E-state index contributed by atoms with van der Waals surface area (Å²) in [6.45, 7) is 2.19. The van der Waals surface area contributed by atoms with Crippen LogP contribution in [0.3, 0.4) is 0 Å². The SMILES string of the molecule is CCCc1cc(Cl)c2sc3ccc(-c4nc5ccccc5o4)cc3c2c1. The molecule has 128 valence electrons. The highest BCUT2D eigenvalue weighted by Crippen LogP contribution is 2.40. The summed E-state index contributed by atoms with van der Waals surface area (Å²) in [7, 11) is 0. The number of benzene rings is 3. The lowest BCUT2D eigenvalue weighted by Gasteiger charge is -2.02. The van der Waals surface area contributed by atoms with Crippen LogP contribution in [0.25, 0.3) is 42.7 Å². The first-order valence-corrected chi connectivity index (χ1v) is 9.93. The smallest absolute Gasteiger partial charge is 0.227 e. The first-order valence-electron chi connectivity index (χ1n) is 8.73. The Morgan fingerprint density at radius 2 is 1.92 bits per heavy atom. The van der Waals surface area contributed by atoms with Crippen molar-refractivity contribution in [1.29, 1.82) is 0 Å². The van der Waals surface area contributed by atoms with Gasteiger partial charge >= 0.3 is 0 Å². The zero-order chi connectivity index (χ0) is 17.7. The van der Waals surface area contributed by atoms with Gasteiger partial charge < -0.3 is 4.42 Å². The minimum atomic E-state index is 0.656. The molecular weight excluding hydrogens is 362 g/mol. The summed E-state index contributed by atoms with van der Waals surface area (Å²) in [5.41, 5.74) is 3.97. The molecule has 3 aromatic carbocycles. The third-order valence-electron chi connectivity index (χ3n) is 4.66. The van der Waals surface area contributed by atoms with Crippen molar-refractivity contribution < 1.29 is 4.42 Å². The molecule has 0 N–H and O–H groups in total. The molecule has 0 unspecified atom stereocenters. The van der Waals surface area contributed by atoms with Crippen LogP contribution in [0.15, 0.2) is 59.0 Å². The molecule has 0 saturated carbocycles. The number of halogens is 1. The number of para-hydroxylation sites is 2. The van der Waals surface area contributed by atoms with Crippen molar-refractivity contribution >= 4 is 54.2 Å². The van der Waals surface area contributed by atoms with Gasteiger partial charge in [-0.15, -0.1) is 11.3 Å². The molecule has 5 rings (SSSR count). The monoisotopic (exact) mass is 377 g/mol. The van der Waals surface area contributed by atoms with Gasteiger partial charge in [-0.3, -0.25) is 0 Å². The molecule has 0 amide bonds. The van der Waals surface area contributed by atoms with Gasteiger partial charge in [0.2, 0.25) is 5.89 Å². The first-order chi connectivity index (χ1) is 12.7. The molecule has 2 aromatic heterocycles. The molecule has 0 fully saturated rings. The normalized spacial score (nSPS) is 11.8. The van der Waals surface area contributed by atoms with Gasteiger partial charge in [0.05, 0.1) is 9.72 Å². The lowest BCUT2D eigenvalue weighted by Crippen LogP contribution is -1.83. The minimum absolute atomic E-state index is 0.656. The van der Waals surface area contributed by atoms with Crippen molar-refractivity contribution in [2.75, 3.05) is 0 Å². The Labute approximate surface area is 160 Å². The fraction of sp³-hybridized carbons (Fsp3) is 0.136. The second-order valence-corrected chi connectivity index (χ2v) is 7.96. The molecule has 0 saturated heterocycles. The van der Waals surface area contributed by atoms with Gasteiger partial charge in [-0.2, -0.15) is 0 Å². The number of nitrogens with zero attached hydrogens (tertiary/aromatic N) is 1. The van der Waals surface area contributed by atoms with Gasteiger partial charge in [-0.25, -0.2) is 4.98 Å². The fourth-order valence-corrected chi connectivity index (χ4v) is 4.88. The van der Waals surface area contributed by atoms with E-state index in [1.807, 2.05) is 24.3 Å². The third-order valence-corrected chi connectivity index (χ3v) is 6.29. The lowest BCUT2D eigenvalue weighted by atomic mass is 10.0. The number of oxazole rings is 1. The van der Waals surface area contributed by atoms with Crippen LogP contribution < -0.4 is 0 Å². The van der Waals surface area contributed by atoms with E-state index in [1.54, 1.807) is 11.3 Å². The van der Waals surface area contributed by atoms with Crippen LogP contribution in [-0.2, 0) is 6.42 Å². The molecule has 26 heavy (non-hydrogen) atoms. The molecule has 0 bridgehead atoms. The molecule has 2 nitrogen and oxygen atoms in total. The number of aryl methyl sites for hydroxylation is 1. The van der Waals surface area contributed by atoms with E-state index in [-0.39, 0.29) is 0 Å². The minimum Gasteiger partial charge on any atom is -0.436 e. The standard InChI is InChI=1S/C22H16ClNOS/c1-2-5-13-10-16-15-12-14(8-9-20(15)26-21(16)17(23)11-13)22-24-18-6-3-4-7-19(18)25-22/h3-4,6-12H,2,5H2,1H3. The van der Waals surface area contributed by atoms with Crippen LogP contribution in [0.2, 0.25) is 5.02 Å². The van der Waals surface area contributed by atoms with E-state index in [0.29, 0.717) is 5.89 Å². The Bertz CT molecular complexity index is 1230. The van der Waals surface area contributed by atoms with Crippen molar-refractivity contribution in [3.8, 4) is 11.5 Å². The van der Waals surface area contributed by atoms with Crippen molar-refractivity contribution in [3.63, 3.8) is 0 Å². The first kappa shape index (κ1) is 15.9. The zero-order valence-corrected chi connectivity index (χ0v) is 15.8. The number of fused-ring (bicyclic) bond motifs is 4. The van der Waals surface area contributed by atoms with Crippen molar-refractivity contribution in [2.24, 2.45) is 0 Å². The van der Waals surface area contributed by atoms with Gasteiger partial charge in [0.25, 0.3) is 0 Å². The van der Waals surface area contributed by atoms with E-state index in [0.717, 1.165) is 39.2 Å². The Kier molecular flexibility index (Phi) is 3.73. The second-order valence-electron chi connectivity index (χ2n) is 6.50. The number of hydrogen-bond acceptors (Lipinski definition) is 3. The third kappa shape index (κ3) is 2.51. The molecule has 0 radical (unpaired) electrons. The fourth-order valence-electron chi connectivity index (χ4n) is 3.45. The summed E-state index contributed by atoms with van der Waals surface area (Å²) in [5.74, 6) is 0.656. The van der Waals surface area contributed by atoms with Crippen LogP contribution >= 0.6 is 22.9 Å². The van der Waals surface area contributed by atoms with E-state index in [2.05, 4.69) is 42.2 Å². The summed E-state index contributed by atoms with van der Waals surface area (Å²) in [6.07, 6.45) is 2.15. The summed E-state index contributed by atoms with van der Waals surface area (Å²) in [4.78, 5) is 4.63. The van der Waals surface area contributed by atoms with Crippen molar-refractivity contribution in [3.05, 3.63) is 65.2 Å². The molecule has 4 heteroatoms. The highest BCUT2D eigenvalue weighted by Gasteiger charge is 2.13. The highest BCUT2D eigenvalue weighted by molar-refractivity contribution is 7.26. The maximum Gasteiger partial charge on any atom is 0.227 e. The summed E-state index contributed by atoms with van der Waals surface area (Å²) in [6, 6.07) is 18.6. The topological polar surface area (TPSA) is 26.0 Å². The molecule has 5 aromatic rings. The maximum atomic E-state index is 6.56. The summed E-state index contributed by atoms with van der Waals surface area (Å²) >= 11 is 8.30. The lowest BCUT2D eigenvalue weighted by molar-refractivity contribution is 0.620. The van der Waals surface area contributed by atoms with Crippen LogP contribution in [0.1, 0.15) is 18.9 Å². The molecular formula is C22H16ClNOS. The Hall–Kier alpha value is -2.36. The molecule has 0 spiro atoms. The van der Waals surface area contributed by atoms with Gasteiger partial charge in [0.15, 0.2) is 5.58 Å². The van der Waals surface area contributed by atoms with E-state index in [9.17, 15) is 0 Å². The average Bonchev–Trinajstić information content (AvgIpc) is 3.23. The number of hydrogen-bond donors (Lipinski definition) is 0. The molecule has 2 heterocycles. The predicted octanol–water partition coefficient (Wildman–Crippen LogP) is 7.47. The Balaban J connectivity index is 1.73. The van der Waals surface area contributed by atoms with E-state index in [1.165, 1.54) is 21.0 Å². The zero-order valence-electron chi connectivity index (χ0n) is 14.3. The highest BCUT2D eigenvalue weighted by atomic mass is 35.5. The van der Waals surface area contributed by atoms with Gasteiger partial charge in [0.1, 0.15) is 5.52 Å². The number of aromatic nitrogens is 1. The predicted molar refractivity (Wildman–Crippen MR) is 111 cm³/mol. The molecule has 0 atom stereocenters. The Morgan fingerprint density at radius 3 is 2.77 bits per heavy atom. The molecule has 0 aliphatic heterocycles. The van der Waals surface area contributed by atoms with E-state index >= 15 is 0 Å². The van der Waals surface area contributed by atoms with Gasteiger partial charge in [-0.1, -0.05) is 37.1 Å². The second kappa shape index (κ2) is 6.11. The van der Waals surface area contributed by atoms with Crippen LogP contribution in [-0.4, -0.2) is 4.98 Å². The number of thiophene rings is 1. The van der Waals surface area contributed by atoms with Gasteiger partial charge in [-0.05, 0) is 54.4 Å². The van der Waals surface area contributed by atoms with Crippen LogP contribution in [0, 0.1) is 0 Å². The van der Waals surface area contributed by atoms with Crippen molar-refractivity contribution in [2.45, 2.75) is 19.8 Å². The van der Waals surface area contributed by atoms with Gasteiger partial charge in [0, 0.05) is 21.0 Å². The van der Waals surface area contributed by atoms with E-state index in [4.69, 9.17) is 16.0 Å². The van der Waals surface area contributed by atoms with E-state index < -0.39 is 0 Å².